The van der Waals surface area contributed by atoms with Gasteiger partial charge in [-0.1, -0.05) is 35.8 Å². The summed E-state index contributed by atoms with van der Waals surface area (Å²) in [6.45, 7) is 1.54. The fourth-order valence-electron chi connectivity index (χ4n) is 3.27. The molecule has 3 heterocycles. The molecule has 3 aromatic rings. The van der Waals surface area contributed by atoms with E-state index in [2.05, 4.69) is 53.1 Å². The van der Waals surface area contributed by atoms with Gasteiger partial charge in [-0.25, -0.2) is 15.0 Å². The summed E-state index contributed by atoms with van der Waals surface area (Å²) in [6, 6.07) is 11.8. The Morgan fingerprint density at radius 2 is 1.93 bits per heavy atom. The summed E-state index contributed by atoms with van der Waals surface area (Å²) in [4.78, 5) is 27.6. The molecule has 1 aliphatic heterocycles. The van der Waals surface area contributed by atoms with Gasteiger partial charge in [0.25, 0.3) is 5.56 Å². The van der Waals surface area contributed by atoms with Crippen molar-refractivity contribution in [1.82, 2.24) is 19.5 Å². The number of hydrogen-bond donors (Lipinski definition) is 0. The van der Waals surface area contributed by atoms with Crippen molar-refractivity contribution in [3.05, 3.63) is 70.9 Å². The monoisotopic (exact) mass is 357 g/mol. The summed E-state index contributed by atoms with van der Waals surface area (Å²) >= 11 is 0. The predicted molar refractivity (Wildman–Crippen MR) is 110 cm³/mol. The number of anilines is 1. The predicted octanol–water partition coefficient (Wildman–Crippen LogP) is 0.789. The molecule has 0 aliphatic carbocycles. The zero-order valence-electron chi connectivity index (χ0n) is 15.5. The first-order valence-corrected chi connectivity index (χ1v) is 8.97. The van der Waals surface area contributed by atoms with Crippen LogP contribution in [0.4, 0.5) is 5.95 Å². The van der Waals surface area contributed by atoms with Crippen LogP contribution in [-0.2, 0) is 7.05 Å². The van der Waals surface area contributed by atoms with Crippen molar-refractivity contribution in [3.63, 3.8) is 0 Å². The molecule has 0 bridgehead atoms. The highest BCUT2D eigenvalue weighted by Crippen LogP contribution is 2.24. The number of nitrogens with zero attached hydrogens (tertiary/aromatic N) is 5. The maximum Gasteiger partial charge on any atom is 0.255 e. The second-order valence-corrected chi connectivity index (χ2v) is 6.74. The van der Waals surface area contributed by atoms with Crippen LogP contribution in [0.5, 0.6) is 0 Å². The quantitative estimate of drug-likeness (QED) is 0.649. The van der Waals surface area contributed by atoms with E-state index >= 15 is 0 Å². The van der Waals surface area contributed by atoms with Gasteiger partial charge in [0.1, 0.15) is 14.2 Å². The first-order valence-electron chi connectivity index (χ1n) is 8.97. The van der Waals surface area contributed by atoms with E-state index in [0.29, 0.717) is 17.3 Å². The van der Waals surface area contributed by atoms with Gasteiger partial charge in [0.2, 0.25) is 5.95 Å². The largest absolute Gasteiger partial charge is 0.338 e. The van der Waals surface area contributed by atoms with Crippen molar-refractivity contribution in [1.29, 1.82) is 0 Å². The van der Waals surface area contributed by atoms with Crippen molar-refractivity contribution in [2.24, 2.45) is 7.05 Å². The third-order valence-electron chi connectivity index (χ3n) is 4.81. The van der Waals surface area contributed by atoms with Gasteiger partial charge in [0.15, 0.2) is 0 Å². The smallest absolute Gasteiger partial charge is 0.255 e. The molecule has 2 aromatic heterocycles. The second-order valence-electron chi connectivity index (χ2n) is 6.74. The van der Waals surface area contributed by atoms with Crippen molar-refractivity contribution in [2.75, 3.05) is 18.0 Å². The summed E-state index contributed by atoms with van der Waals surface area (Å²) in [5.41, 5.74) is 4.83. The van der Waals surface area contributed by atoms with Crippen LogP contribution in [-0.4, -0.2) is 40.5 Å². The maximum absolute atomic E-state index is 12.5. The fraction of sp³-hybridized carbons (Fsp3) is 0.200. The van der Waals surface area contributed by atoms with E-state index in [-0.39, 0.29) is 5.56 Å². The number of hydrogen-bond acceptors (Lipinski definition) is 5. The van der Waals surface area contributed by atoms with Crippen LogP contribution in [0.25, 0.3) is 17.0 Å². The molecule has 0 amide bonds. The summed E-state index contributed by atoms with van der Waals surface area (Å²) in [7, 11) is 3.85. The van der Waals surface area contributed by atoms with Crippen LogP contribution in [0.3, 0.4) is 0 Å². The highest BCUT2D eigenvalue weighted by Gasteiger charge is 2.19. The number of benzene rings is 1. The lowest BCUT2D eigenvalue weighted by atomic mass is 9.93. The van der Waals surface area contributed by atoms with Crippen molar-refractivity contribution < 1.29 is 0 Å². The number of aromatic nitrogens is 4. The van der Waals surface area contributed by atoms with Gasteiger partial charge >= 0.3 is 0 Å². The minimum Gasteiger partial charge on any atom is -0.338 e. The molecule has 0 spiro atoms. The minimum absolute atomic E-state index is 0.0972. The van der Waals surface area contributed by atoms with Crippen LogP contribution in [0, 0.1) is 0 Å². The Bertz CT molecular complexity index is 1040. The van der Waals surface area contributed by atoms with Gasteiger partial charge in [0.05, 0.1) is 11.4 Å². The molecule has 0 saturated heterocycles. The van der Waals surface area contributed by atoms with Gasteiger partial charge in [-0.05, 0) is 23.6 Å². The summed E-state index contributed by atoms with van der Waals surface area (Å²) < 4.78 is 1.60. The molecule has 6 nitrogen and oxygen atoms in total. The summed E-state index contributed by atoms with van der Waals surface area (Å²) in [6.07, 6.45) is 6.30. The van der Waals surface area contributed by atoms with Crippen LogP contribution in [0.15, 0.2) is 59.8 Å². The molecule has 0 radical (unpaired) electrons. The van der Waals surface area contributed by atoms with Crippen LogP contribution < -0.4 is 15.9 Å². The van der Waals surface area contributed by atoms with E-state index < -0.39 is 0 Å². The minimum atomic E-state index is -0.0972. The normalized spacial score (nSPS) is 14.1. The standard InChI is InChI=1S/C20H20BN5O/c1-25-19(27)11-18(17-8-9-22-13-23-17)24-20(25)26-10-2-3-15(12-26)14-4-6-16(21)7-5-14/h3-9,11,13H,2,10,12,21H2,1H3. The molecule has 0 atom stereocenters. The summed E-state index contributed by atoms with van der Waals surface area (Å²) in [5, 5.41) is 0. The van der Waals surface area contributed by atoms with E-state index in [1.54, 1.807) is 23.9 Å². The second kappa shape index (κ2) is 7.19. The molecule has 1 aromatic carbocycles. The number of rotatable bonds is 3. The van der Waals surface area contributed by atoms with E-state index in [0.717, 1.165) is 19.5 Å². The van der Waals surface area contributed by atoms with Gasteiger partial charge in [-0.2, -0.15) is 0 Å². The van der Waals surface area contributed by atoms with E-state index in [4.69, 9.17) is 4.98 Å². The molecule has 0 unspecified atom stereocenters. The molecular formula is C20H20BN5O. The SMILES string of the molecule is Bc1ccc(C2=CCCN(c3nc(-c4ccncn4)cc(=O)n3C)C2)cc1. The lowest BCUT2D eigenvalue weighted by Crippen LogP contribution is -2.35. The van der Waals surface area contributed by atoms with Crippen LogP contribution in [0.1, 0.15) is 12.0 Å². The van der Waals surface area contributed by atoms with E-state index in [1.165, 1.54) is 29.0 Å². The highest BCUT2D eigenvalue weighted by molar-refractivity contribution is 6.32. The Hall–Kier alpha value is -3.22. The van der Waals surface area contributed by atoms with E-state index in [9.17, 15) is 4.79 Å². The fourth-order valence-corrected chi connectivity index (χ4v) is 3.27. The Morgan fingerprint density at radius 1 is 1.11 bits per heavy atom. The average molecular weight is 357 g/mol. The van der Waals surface area contributed by atoms with Crippen molar-refractivity contribution in [2.45, 2.75) is 6.42 Å². The average Bonchev–Trinajstić information content (AvgIpc) is 2.71. The van der Waals surface area contributed by atoms with Crippen LogP contribution >= 0.6 is 0 Å². The first-order chi connectivity index (χ1) is 13.1. The third-order valence-corrected chi connectivity index (χ3v) is 4.81. The van der Waals surface area contributed by atoms with Gasteiger partial charge in [-0.15, -0.1) is 0 Å². The lowest BCUT2D eigenvalue weighted by molar-refractivity contribution is 0.726. The molecule has 0 saturated carbocycles. The molecular weight excluding hydrogens is 337 g/mol. The van der Waals surface area contributed by atoms with Gasteiger partial charge in [-0.3, -0.25) is 9.36 Å². The van der Waals surface area contributed by atoms with Gasteiger partial charge < -0.3 is 4.90 Å². The molecule has 7 heteroatoms. The van der Waals surface area contributed by atoms with Crippen LogP contribution in [0.2, 0.25) is 0 Å². The van der Waals surface area contributed by atoms with Gasteiger partial charge in [0, 0.05) is 32.4 Å². The Labute approximate surface area is 158 Å². The Balaban J connectivity index is 1.69. The topological polar surface area (TPSA) is 63.9 Å². The maximum atomic E-state index is 12.5. The Morgan fingerprint density at radius 3 is 2.67 bits per heavy atom. The van der Waals surface area contributed by atoms with Crippen molar-refractivity contribution in [3.8, 4) is 11.4 Å². The van der Waals surface area contributed by atoms with E-state index in [1.807, 2.05) is 0 Å². The molecule has 0 N–H and O–H groups in total. The Kier molecular flexibility index (Phi) is 4.58. The zero-order valence-corrected chi connectivity index (χ0v) is 15.5. The zero-order chi connectivity index (χ0) is 18.8. The molecule has 4 rings (SSSR count). The summed E-state index contributed by atoms with van der Waals surface area (Å²) in [5.74, 6) is 0.661. The lowest BCUT2D eigenvalue weighted by Gasteiger charge is -2.30. The molecule has 1 aliphatic rings. The molecule has 27 heavy (non-hydrogen) atoms. The highest BCUT2D eigenvalue weighted by atomic mass is 16.1. The third kappa shape index (κ3) is 3.53. The molecule has 0 fully saturated rings. The molecule has 134 valence electrons. The van der Waals surface area contributed by atoms with Crippen molar-refractivity contribution >= 4 is 24.8 Å². The first kappa shape index (κ1) is 17.2.